The third-order valence-electron chi connectivity index (χ3n) is 7.85. The van der Waals surface area contributed by atoms with Crippen LogP contribution < -0.4 is 0 Å². The fourth-order valence-corrected chi connectivity index (χ4v) is 6.01. The summed E-state index contributed by atoms with van der Waals surface area (Å²) in [7, 11) is 0. The highest BCUT2D eigenvalue weighted by Gasteiger charge is 2.42. The maximum Gasteiger partial charge on any atom is 0.0815 e. The molecule has 1 saturated carbocycles. The highest BCUT2D eigenvalue weighted by Crippen LogP contribution is 2.44. The Morgan fingerprint density at radius 1 is 0.697 bits per heavy atom. The van der Waals surface area contributed by atoms with E-state index in [1.54, 1.807) is 0 Å². The van der Waals surface area contributed by atoms with E-state index in [4.69, 9.17) is 4.74 Å². The van der Waals surface area contributed by atoms with Gasteiger partial charge in [0.2, 0.25) is 0 Å². The van der Waals surface area contributed by atoms with Crippen LogP contribution in [-0.4, -0.2) is 36.7 Å². The third kappa shape index (κ3) is 5.75. The molecule has 0 spiro atoms. The molecule has 1 aliphatic carbocycles. The van der Waals surface area contributed by atoms with Gasteiger partial charge in [-0.2, -0.15) is 0 Å². The van der Waals surface area contributed by atoms with E-state index in [0.717, 1.165) is 26.0 Å². The van der Waals surface area contributed by atoms with Crippen molar-refractivity contribution in [1.82, 2.24) is 4.90 Å². The average molecular weight is 440 g/mol. The molecule has 2 atom stereocenters. The zero-order valence-electron chi connectivity index (χ0n) is 19.7. The molecule has 0 N–H and O–H groups in total. The Kier molecular flexibility index (Phi) is 7.24. The van der Waals surface area contributed by atoms with E-state index in [1.807, 2.05) is 0 Å². The van der Waals surface area contributed by atoms with Gasteiger partial charge < -0.3 is 9.64 Å². The Morgan fingerprint density at radius 3 is 1.91 bits per heavy atom. The van der Waals surface area contributed by atoms with Crippen LogP contribution in [0.3, 0.4) is 0 Å². The van der Waals surface area contributed by atoms with Gasteiger partial charge in [0.05, 0.1) is 12.2 Å². The standard InChI is InChI=1S/C31H37NO/c1-4-10-26(11-5-1)19-23-33-31(20-16-30(24-31)28-14-8-3-9-15-28)25-32-21-17-29(18-22-32)27-12-6-2-7-13-27/h1-15,29-30H,16-25H2. The summed E-state index contributed by atoms with van der Waals surface area (Å²) < 4.78 is 6.82. The molecule has 33 heavy (non-hydrogen) atoms. The van der Waals surface area contributed by atoms with Gasteiger partial charge in [0.15, 0.2) is 0 Å². The Morgan fingerprint density at radius 2 is 1.27 bits per heavy atom. The van der Waals surface area contributed by atoms with Gasteiger partial charge in [-0.15, -0.1) is 0 Å². The van der Waals surface area contributed by atoms with Crippen LogP contribution in [0.4, 0.5) is 0 Å². The van der Waals surface area contributed by atoms with E-state index in [0.29, 0.717) is 11.8 Å². The smallest absolute Gasteiger partial charge is 0.0815 e. The van der Waals surface area contributed by atoms with Crippen LogP contribution in [0.5, 0.6) is 0 Å². The summed E-state index contributed by atoms with van der Waals surface area (Å²) in [6.07, 6.45) is 7.05. The van der Waals surface area contributed by atoms with Crippen LogP contribution in [0, 0.1) is 0 Å². The fraction of sp³-hybridized carbons (Fsp3) is 0.419. The van der Waals surface area contributed by atoms with Crippen molar-refractivity contribution >= 4 is 0 Å². The minimum absolute atomic E-state index is 0.0190. The Hall–Kier alpha value is -2.42. The Labute approximate surface area is 199 Å². The molecule has 0 radical (unpaired) electrons. The highest BCUT2D eigenvalue weighted by atomic mass is 16.5. The van der Waals surface area contributed by atoms with Crippen molar-refractivity contribution in [3.05, 3.63) is 108 Å². The molecular weight excluding hydrogens is 402 g/mol. The summed E-state index contributed by atoms with van der Waals surface area (Å²) in [6.45, 7) is 4.25. The molecule has 2 unspecified atom stereocenters. The minimum atomic E-state index is -0.0190. The van der Waals surface area contributed by atoms with Crippen LogP contribution in [0.2, 0.25) is 0 Å². The van der Waals surface area contributed by atoms with Crippen molar-refractivity contribution in [1.29, 1.82) is 0 Å². The van der Waals surface area contributed by atoms with E-state index < -0.39 is 0 Å². The van der Waals surface area contributed by atoms with Gasteiger partial charge in [-0.05, 0) is 80.1 Å². The van der Waals surface area contributed by atoms with Crippen LogP contribution >= 0.6 is 0 Å². The zero-order valence-corrected chi connectivity index (χ0v) is 19.7. The molecule has 2 nitrogen and oxygen atoms in total. The fourth-order valence-electron chi connectivity index (χ4n) is 6.01. The van der Waals surface area contributed by atoms with Gasteiger partial charge in [0, 0.05) is 6.54 Å². The van der Waals surface area contributed by atoms with Crippen LogP contribution in [0.25, 0.3) is 0 Å². The average Bonchev–Trinajstić information content (AvgIpc) is 3.30. The second kappa shape index (κ2) is 10.7. The number of nitrogens with zero attached hydrogens (tertiary/aromatic N) is 1. The first-order valence-corrected chi connectivity index (χ1v) is 12.8. The molecule has 3 aromatic rings. The van der Waals surface area contributed by atoms with Gasteiger partial charge in [-0.3, -0.25) is 0 Å². The maximum absolute atomic E-state index is 6.82. The van der Waals surface area contributed by atoms with Crippen molar-refractivity contribution in [3.63, 3.8) is 0 Å². The number of piperidine rings is 1. The topological polar surface area (TPSA) is 12.5 Å². The molecule has 172 valence electrons. The SMILES string of the molecule is c1ccc(CCOC2(CN3CCC(c4ccccc4)CC3)CCC(c3ccccc3)C2)cc1. The number of rotatable bonds is 8. The number of ether oxygens (including phenoxy) is 1. The van der Waals surface area contributed by atoms with E-state index in [-0.39, 0.29) is 5.60 Å². The number of hydrogen-bond donors (Lipinski definition) is 0. The monoisotopic (exact) mass is 439 g/mol. The van der Waals surface area contributed by atoms with Gasteiger partial charge in [0.25, 0.3) is 0 Å². The second-order valence-corrected chi connectivity index (χ2v) is 10.1. The predicted octanol–water partition coefficient (Wildman–Crippen LogP) is 6.83. The zero-order chi connectivity index (χ0) is 22.3. The minimum Gasteiger partial charge on any atom is -0.373 e. The number of benzene rings is 3. The first kappa shape index (κ1) is 22.4. The molecule has 1 heterocycles. The second-order valence-electron chi connectivity index (χ2n) is 10.1. The molecule has 1 saturated heterocycles. The lowest BCUT2D eigenvalue weighted by Crippen LogP contribution is -2.46. The molecule has 5 rings (SSSR count). The summed E-state index contributed by atoms with van der Waals surface area (Å²) >= 11 is 0. The maximum atomic E-state index is 6.82. The third-order valence-corrected chi connectivity index (χ3v) is 7.85. The molecule has 0 amide bonds. The van der Waals surface area contributed by atoms with E-state index in [2.05, 4.69) is 95.9 Å². The summed E-state index contributed by atoms with van der Waals surface area (Å²) in [5.74, 6) is 1.32. The molecule has 2 aliphatic rings. The molecule has 2 heteroatoms. The Balaban J connectivity index is 1.23. The molecule has 1 aliphatic heterocycles. The van der Waals surface area contributed by atoms with E-state index in [1.165, 1.54) is 55.5 Å². The summed E-state index contributed by atoms with van der Waals surface area (Å²) in [4.78, 5) is 2.69. The highest BCUT2D eigenvalue weighted by molar-refractivity contribution is 5.23. The molecule has 2 fully saturated rings. The van der Waals surface area contributed by atoms with Crippen LogP contribution in [-0.2, 0) is 11.2 Å². The van der Waals surface area contributed by atoms with Crippen molar-refractivity contribution in [2.75, 3.05) is 26.2 Å². The van der Waals surface area contributed by atoms with Gasteiger partial charge in [-0.1, -0.05) is 91.0 Å². The van der Waals surface area contributed by atoms with Crippen LogP contribution in [0.15, 0.2) is 91.0 Å². The molecule has 0 aromatic heterocycles. The lowest BCUT2D eigenvalue weighted by molar-refractivity contribution is -0.0645. The van der Waals surface area contributed by atoms with Gasteiger partial charge in [0.1, 0.15) is 0 Å². The quantitative estimate of drug-likeness (QED) is 0.381. The lowest BCUT2D eigenvalue weighted by Gasteiger charge is -2.39. The first-order valence-electron chi connectivity index (χ1n) is 12.8. The van der Waals surface area contributed by atoms with Crippen molar-refractivity contribution in [2.45, 2.75) is 56.0 Å². The van der Waals surface area contributed by atoms with Crippen molar-refractivity contribution in [2.24, 2.45) is 0 Å². The van der Waals surface area contributed by atoms with Gasteiger partial charge in [-0.25, -0.2) is 0 Å². The van der Waals surface area contributed by atoms with Crippen LogP contribution in [0.1, 0.15) is 60.6 Å². The van der Waals surface area contributed by atoms with E-state index >= 15 is 0 Å². The number of likely N-dealkylation sites (tertiary alicyclic amines) is 1. The molecule has 3 aromatic carbocycles. The normalized spacial score (nSPS) is 24.2. The largest absolute Gasteiger partial charge is 0.373 e. The predicted molar refractivity (Wildman–Crippen MR) is 137 cm³/mol. The first-order chi connectivity index (χ1) is 16.3. The summed E-state index contributed by atoms with van der Waals surface area (Å²) in [5.41, 5.74) is 4.34. The summed E-state index contributed by atoms with van der Waals surface area (Å²) in [6, 6.07) is 32.9. The van der Waals surface area contributed by atoms with E-state index in [9.17, 15) is 0 Å². The lowest BCUT2D eigenvalue weighted by atomic mass is 9.88. The van der Waals surface area contributed by atoms with Crippen molar-refractivity contribution < 1.29 is 4.74 Å². The summed E-state index contributed by atoms with van der Waals surface area (Å²) in [5, 5.41) is 0. The number of hydrogen-bond acceptors (Lipinski definition) is 2. The van der Waals surface area contributed by atoms with Crippen molar-refractivity contribution in [3.8, 4) is 0 Å². The van der Waals surface area contributed by atoms with Gasteiger partial charge >= 0.3 is 0 Å². The molecule has 0 bridgehead atoms. The Bertz CT molecular complexity index is 966. The molecular formula is C31H37NO.